The van der Waals surface area contributed by atoms with E-state index >= 15 is 0 Å². The number of amides is 1. The molecule has 5 heterocycles. The van der Waals surface area contributed by atoms with E-state index in [0.717, 1.165) is 62.5 Å². The molecule has 18 nitrogen and oxygen atoms in total. The number of carbonyl (C=O) groups excluding carboxylic acids is 1. The van der Waals surface area contributed by atoms with Crippen molar-refractivity contribution in [3.63, 3.8) is 0 Å². The second-order valence-electron chi connectivity index (χ2n) is 18.5. The number of H-pyrrole nitrogens is 2. The Morgan fingerprint density at radius 1 is 0.385 bits per heavy atom. The quantitative estimate of drug-likeness (QED) is 0.0266. The summed E-state index contributed by atoms with van der Waals surface area (Å²) in [5.41, 5.74) is 2.59. The first-order valence-electron chi connectivity index (χ1n) is 24.5. The summed E-state index contributed by atoms with van der Waals surface area (Å²) in [5.74, 6) is -7.79. The molecule has 4 aromatic carbocycles. The number of carboxylic acids is 6. The van der Waals surface area contributed by atoms with Gasteiger partial charge in [0.15, 0.2) is 0 Å². The molecule has 9 N–H and O–H groups in total. The smallest absolute Gasteiger partial charge is 0.335 e. The van der Waals surface area contributed by atoms with E-state index in [4.69, 9.17) is 9.97 Å². The number of thiol groups is 1. The minimum absolute atomic E-state index is 0.0726. The number of carboxylic acid groups (broad SMARTS) is 6. The van der Waals surface area contributed by atoms with Crippen molar-refractivity contribution in [2.45, 2.75) is 44.9 Å². The number of rotatable bonds is 19. The van der Waals surface area contributed by atoms with E-state index in [2.05, 4.69) is 27.9 Å². The lowest BCUT2D eigenvalue weighted by atomic mass is 9.98. The van der Waals surface area contributed by atoms with E-state index < -0.39 is 35.8 Å². The number of nitrogens with zero attached hydrogens (tertiary/aromatic N) is 2. The highest BCUT2D eigenvalue weighted by Crippen LogP contribution is 2.40. The third-order valence-electron chi connectivity index (χ3n) is 13.2. The Hall–Kier alpha value is -9.88. The number of benzene rings is 4. The van der Waals surface area contributed by atoms with Gasteiger partial charge < -0.3 is 45.9 Å². The molecule has 3 aromatic heterocycles. The molecular formula is C59H47N5O13S. The second-order valence-corrected chi connectivity index (χ2v) is 18.9. The number of hydrogen-bond acceptors (Lipinski definition) is 10. The van der Waals surface area contributed by atoms with E-state index in [9.17, 15) is 64.2 Å². The lowest BCUT2D eigenvalue weighted by Crippen LogP contribution is -2.10. The van der Waals surface area contributed by atoms with Gasteiger partial charge in [-0.3, -0.25) is 4.79 Å². The highest BCUT2D eigenvalue weighted by atomic mass is 32.1. The van der Waals surface area contributed by atoms with Crippen LogP contribution in [0.25, 0.3) is 90.9 Å². The fourth-order valence-corrected chi connectivity index (χ4v) is 9.75. The molecule has 9 rings (SSSR count). The standard InChI is InChI=1S/C59H47N5O13S/c65-49(7-5-3-1-2-4-6-20-78)60-40-10-8-30(9-11-40)50-41-12-14-43(61-41)51(31-21-34(54(66)67)27-35(22-31)55(68)69)45-16-18-47(63-45)53(33-25-38(58(74)75)29-39(26-33)59(76)77)48-19-17-46(64-48)52(44-15-13-42(50)62-44)32-23-36(56(70)71)28-37(24-32)57(72)73/h8-19,21-29,61,64,78H,1-7,20H2,(H,60,65)(H,66,67)(H,68,69)(H,70,71)(H,72,73)(H,74,75)(H,76,77). The Balaban J connectivity index is 1.36. The zero-order valence-corrected chi connectivity index (χ0v) is 42.1. The van der Waals surface area contributed by atoms with E-state index in [1.165, 1.54) is 36.4 Å². The fraction of sp³-hybridized carbons (Fsp3) is 0.136. The van der Waals surface area contributed by atoms with Crippen molar-refractivity contribution in [1.29, 1.82) is 0 Å². The monoisotopic (exact) mass is 1070 g/mol. The predicted molar refractivity (Wildman–Crippen MR) is 297 cm³/mol. The lowest BCUT2D eigenvalue weighted by molar-refractivity contribution is -0.116. The Bertz CT molecular complexity index is 3740. The summed E-state index contributed by atoms with van der Waals surface area (Å²) in [5, 5.41) is 64.2. The van der Waals surface area contributed by atoms with Crippen LogP contribution in [0, 0.1) is 0 Å². The van der Waals surface area contributed by atoms with Crippen LogP contribution in [0.15, 0.2) is 103 Å². The van der Waals surface area contributed by atoms with Gasteiger partial charge in [0.2, 0.25) is 5.91 Å². The number of aromatic nitrogens is 4. The van der Waals surface area contributed by atoms with Crippen LogP contribution in [0.4, 0.5) is 5.69 Å². The van der Waals surface area contributed by atoms with Crippen molar-refractivity contribution in [2.24, 2.45) is 0 Å². The summed E-state index contributed by atoms with van der Waals surface area (Å²) in [7, 11) is 0. The van der Waals surface area contributed by atoms with Gasteiger partial charge in [-0.2, -0.15) is 12.6 Å². The zero-order chi connectivity index (χ0) is 55.4. The van der Waals surface area contributed by atoms with Crippen LogP contribution in [0.3, 0.4) is 0 Å². The maximum Gasteiger partial charge on any atom is 0.335 e. The number of unbranched alkanes of at least 4 members (excludes halogenated alkanes) is 5. The van der Waals surface area contributed by atoms with Gasteiger partial charge in [-0.05, 0) is 156 Å². The molecule has 78 heavy (non-hydrogen) atoms. The largest absolute Gasteiger partial charge is 0.478 e. The molecule has 1 amide bonds. The Morgan fingerprint density at radius 2 is 0.679 bits per heavy atom. The third-order valence-corrected chi connectivity index (χ3v) is 13.5. The molecule has 0 atom stereocenters. The van der Waals surface area contributed by atoms with Gasteiger partial charge >= 0.3 is 35.8 Å². The van der Waals surface area contributed by atoms with Crippen LogP contribution in [0.5, 0.6) is 0 Å². The minimum Gasteiger partial charge on any atom is -0.478 e. The van der Waals surface area contributed by atoms with Crippen molar-refractivity contribution < 1.29 is 64.2 Å². The Labute approximate surface area is 448 Å². The molecular weight excluding hydrogens is 1020 g/mol. The zero-order valence-electron chi connectivity index (χ0n) is 41.2. The summed E-state index contributed by atoms with van der Waals surface area (Å²) in [6.45, 7) is 0. The highest BCUT2D eigenvalue weighted by molar-refractivity contribution is 7.80. The van der Waals surface area contributed by atoms with Crippen LogP contribution in [-0.2, 0) is 4.79 Å². The maximum atomic E-state index is 13.1. The third kappa shape index (κ3) is 11.4. The van der Waals surface area contributed by atoms with Crippen molar-refractivity contribution in [2.75, 3.05) is 11.1 Å². The number of anilines is 1. The van der Waals surface area contributed by atoms with Crippen LogP contribution in [-0.4, -0.2) is 98.1 Å². The normalized spacial score (nSPS) is 11.6. The van der Waals surface area contributed by atoms with Gasteiger partial charge in [0.25, 0.3) is 0 Å². The van der Waals surface area contributed by atoms with E-state index in [1.54, 1.807) is 72.8 Å². The number of nitrogens with one attached hydrogen (secondary N) is 3. The van der Waals surface area contributed by atoms with Crippen LogP contribution >= 0.6 is 12.6 Å². The van der Waals surface area contributed by atoms with E-state index in [-0.39, 0.29) is 101 Å². The van der Waals surface area contributed by atoms with E-state index in [0.29, 0.717) is 40.0 Å². The number of fused-ring (bicyclic) bond motifs is 8. The average Bonchev–Trinajstić information content (AvgIpc) is 4.35. The highest BCUT2D eigenvalue weighted by Gasteiger charge is 2.24. The summed E-state index contributed by atoms with van der Waals surface area (Å²) >= 11 is 4.27. The SMILES string of the molecule is O=C(CCCCCCCCS)Nc1ccc(-c2c3nc(c(-c4cc(C(=O)O)cc(C(=O)O)c4)c4ccc([nH]4)c(-c4cc(C(=O)O)cc(C(=O)O)c4)c4nc(c(-c5cc(C(=O)O)cc(C(=O)O)c5)c5ccc2[nH]5)C=C4)C=C3)cc1. The van der Waals surface area contributed by atoms with Gasteiger partial charge in [0, 0.05) is 56.4 Å². The number of carbonyl (C=O) groups is 7. The fourth-order valence-electron chi connectivity index (χ4n) is 9.53. The van der Waals surface area contributed by atoms with Crippen LogP contribution in [0.1, 0.15) is 130 Å². The molecule has 0 aliphatic carbocycles. The molecule has 0 saturated heterocycles. The van der Waals surface area contributed by atoms with Crippen LogP contribution < -0.4 is 5.32 Å². The molecule has 2 aliphatic rings. The number of aromatic amines is 2. The first-order chi connectivity index (χ1) is 37.5. The van der Waals surface area contributed by atoms with Gasteiger partial charge in [0.05, 0.1) is 56.2 Å². The van der Waals surface area contributed by atoms with E-state index in [1.807, 2.05) is 0 Å². The van der Waals surface area contributed by atoms with Gasteiger partial charge in [-0.15, -0.1) is 0 Å². The molecule has 0 unspecified atom stereocenters. The minimum atomic E-state index is -1.44. The van der Waals surface area contributed by atoms with Crippen molar-refractivity contribution in [3.8, 4) is 44.5 Å². The molecule has 0 spiro atoms. The number of hydrogen-bond donors (Lipinski definition) is 10. The van der Waals surface area contributed by atoms with Crippen molar-refractivity contribution in [3.05, 3.63) is 159 Å². The van der Waals surface area contributed by atoms with Gasteiger partial charge in [-0.25, -0.2) is 38.7 Å². The second kappa shape index (κ2) is 22.5. The molecule has 0 fully saturated rings. The molecule has 2 aliphatic heterocycles. The van der Waals surface area contributed by atoms with Crippen molar-refractivity contribution >= 4 is 106 Å². The lowest BCUT2D eigenvalue weighted by Gasteiger charge is -2.10. The molecule has 19 heteroatoms. The summed E-state index contributed by atoms with van der Waals surface area (Å²) in [6, 6.07) is 24.4. The Morgan fingerprint density at radius 3 is 0.987 bits per heavy atom. The molecule has 0 saturated carbocycles. The van der Waals surface area contributed by atoms with Crippen LogP contribution in [0.2, 0.25) is 0 Å². The molecule has 0 radical (unpaired) electrons. The predicted octanol–water partition coefficient (Wildman–Crippen LogP) is 12.1. The maximum absolute atomic E-state index is 13.1. The summed E-state index contributed by atoms with van der Waals surface area (Å²) < 4.78 is 0. The Kier molecular flexibility index (Phi) is 15.3. The number of aromatic carboxylic acids is 6. The first kappa shape index (κ1) is 53.0. The van der Waals surface area contributed by atoms with Gasteiger partial charge in [0.1, 0.15) is 0 Å². The summed E-state index contributed by atoms with van der Waals surface area (Å²) in [6.07, 6.45) is 12.8. The average molecular weight is 1070 g/mol. The topological polar surface area (TPSA) is 310 Å². The molecule has 8 bridgehead atoms. The molecule has 7 aromatic rings. The first-order valence-corrected chi connectivity index (χ1v) is 25.1. The molecule has 392 valence electrons. The van der Waals surface area contributed by atoms with Gasteiger partial charge in [-0.1, -0.05) is 37.8 Å². The summed E-state index contributed by atoms with van der Waals surface area (Å²) in [4.78, 5) is 105. The van der Waals surface area contributed by atoms with Crippen molar-refractivity contribution in [1.82, 2.24) is 19.9 Å².